The first kappa shape index (κ1) is 19.3. The number of benzene rings is 1. The lowest BCUT2D eigenvalue weighted by Crippen LogP contribution is -3.06. The van der Waals surface area contributed by atoms with Gasteiger partial charge in [0, 0.05) is 10.4 Å². The van der Waals surface area contributed by atoms with Gasteiger partial charge in [0.1, 0.15) is 5.76 Å². The summed E-state index contributed by atoms with van der Waals surface area (Å²) in [5, 5.41) is 13.0. The van der Waals surface area contributed by atoms with E-state index in [2.05, 4.69) is 0 Å². The standard InChI is InChI=1S/C21H24N2O3S/c1-13-7-8-14(2)15(12-13)19(24)17-18(16-6-5-11-27-16)23(10-9-22(3)4)21(26)20(17)25/h5-8,11-12,18,24H,9-10H2,1-4H3/p+1/t18-/m0/s1. The first-order valence-electron chi connectivity index (χ1n) is 8.99. The van der Waals surface area contributed by atoms with Gasteiger partial charge in [-0.3, -0.25) is 9.59 Å². The molecular weight excluding hydrogens is 360 g/mol. The molecule has 1 aromatic carbocycles. The molecule has 6 heteroatoms. The number of carbonyl (C=O) groups excluding carboxylic acids is 2. The lowest BCUT2D eigenvalue weighted by molar-refractivity contribution is -0.857. The molecule has 1 fully saturated rings. The van der Waals surface area contributed by atoms with E-state index in [0.717, 1.165) is 22.5 Å². The van der Waals surface area contributed by atoms with Crippen LogP contribution in [0.2, 0.25) is 0 Å². The number of nitrogens with zero attached hydrogens (tertiary/aromatic N) is 1. The quantitative estimate of drug-likeness (QED) is 0.470. The van der Waals surface area contributed by atoms with Gasteiger partial charge in [-0.25, -0.2) is 0 Å². The van der Waals surface area contributed by atoms with Crippen molar-refractivity contribution in [3.63, 3.8) is 0 Å². The molecule has 0 bridgehead atoms. The van der Waals surface area contributed by atoms with Gasteiger partial charge in [0.05, 0.1) is 38.8 Å². The van der Waals surface area contributed by atoms with Crippen LogP contribution in [0.5, 0.6) is 0 Å². The number of likely N-dealkylation sites (tertiary alicyclic amines) is 1. The number of nitrogens with one attached hydrogen (secondary N) is 1. The summed E-state index contributed by atoms with van der Waals surface area (Å²) in [6.45, 7) is 5.00. The summed E-state index contributed by atoms with van der Waals surface area (Å²) in [6, 6.07) is 9.00. The highest BCUT2D eigenvalue weighted by Crippen LogP contribution is 2.41. The van der Waals surface area contributed by atoms with Crippen LogP contribution >= 0.6 is 11.3 Å². The van der Waals surface area contributed by atoms with Crippen molar-refractivity contribution in [2.45, 2.75) is 19.9 Å². The summed E-state index contributed by atoms with van der Waals surface area (Å²) in [5.74, 6) is -1.24. The number of aryl methyl sites for hydroxylation is 2. The Hall–Kier alpha value is -2.44. The average Bonchev–Trinajstić information content (AvgIpc) is 3.22. The van der Waals surface area contributed by atoms with Gasteiger partial charge >= 0.3 is 0 Å². The van der Waals surface area contributed by atoms with Crippen LogP contribution in [0, 0.1) is 13.8 Å². The van der Waals surface area contributed by atoms with Crippen LogP contribution in [0.1, 0.15) is 27.6 Å². The molecule has 1 atom stereocenters. The first-order chi connectivity index (χ1) is 12.8. The molecule has 3 rings (SSSR count). The lowest BCUT2D eigenvalue weighted by atomic mass is 9.96. The average molecular weight is 386 g/mol. The number of aliphatic hydroxyl groups excluding tert-OH is 1. The van der Waals surface area contributed by atoms with Crippen LogP contribution in [-0.2, 0) is 9.59 Å². The molecular formula is C21H25N2O3S+. The number of ketones is 1. The fourth-order valence-electron chi connectivity index (χ4n) is 3.33. The Morgan fingerprint density at radius 2 is 1.96 bits per heavy atom. The predicted octanol–water partition coefficient (Wildman–Crippen LogP) is 1.93. The van der Waals surface area contributed by atoms with Crippen LogP contribution in [0.15, 0.2) is 41.3 Å². The lowest BCUT2D eigenvalue weighted by Gasteiger charge is -2.24. The van der Waals surface area contributed by atoms with E-state index in [1.165, 1.54) is 16.2 Å². The van der Waals surface area contributed by atoms with Crippen LogP contribution in [0.3, 0.4) is 0 Å². The van der Waals surface area contributed by atoms with Crippen molar-refractivity contribution in [2.75, 3.05) is 27.2 Å². The summed E-state index contributed by atoms with van der Waals surface area (Å²) in [7, 11) is 4.01. The molecule has 2 aromatic rings. The van der Waals surface area contributed by atoms with Crippen molar-refractivity contribution in [2.24, 2.45) is 0 Å². The zero-order valence-electron chi connectivity index (χ0n) is 16.1. The number of quaternary nitrogens is 1. The minimum atomic E-state index is -0.611. The van der Waals surface area contributed by atoms with Crippen LogP contribution in [-0.4, -0.2) is 48.9 Å². The number of rotatable bonds is 5. The van der Waals surface area contributed by atoms with E-state index in [-0.39, 0.29) is 11.3 Å². The van der Waals surface area contributed by atoms with Crippen LogP contribution in [0.25, 0.3) is 5.76 Å². The molecule has 0 spiro atoms. The molecule has 1 amide bonds. The van der Waals surface area contributed by atoms with E-state index < -0.39 is 17.7 Å². The van der Waals surface area contributed by atoms with Gasteiger partial charge in [-0.1, -0.05) is 23.8 Å². The van der Waals surface area contributed by atoms with E-state index in [9.17, 15) is 14.7 Å². The molecule has 2 N–H and O–H groups in total. The molecule has 2 heterocycles. The van der Waals surface area contributed by atoms with Gasteiger partial charge in [-0.15, -0.1) is 11.3 Å². The number of hydrogen-bond donors (Lipinski definition) is 2. The van der Waals surface area contributed by atoms with Crippen molar-refractivity contribution < 1.29 is 19.6 Å². The number of thiophene rings is 1. The maximum atomic E-state index is 12.9. The van der Waals surface area contributed by atoms with Crippen molar-refractivity contribution >= 4 is 28.8 Å². The summed E-state index contributed by atoms with van der Waals surface area (Å²) in [6.07, 6.45) is 0. The zero-order valence-corrected chi connectivity index (χ0v) is 16.9. The molecule has 0 saturated carbocycles. The SMILES string of the molecule is Cc1ccc(C)c(C(O)=C2C(=O)C(=O)N(CC[NH+](C)C)[C@H]2c2cccs2)c1. The van der Waals surface area contributed by atoms with Crippen molar-refractivity contribution in [3.05, 3.63) is 62.9 Å². The highest BCUT2D eigenvalue weighted by Gasteiger charge is 2.46. The van der Waals surface area contributed by atoms with Crippen LogP contribution < -0.4 is 4.90 Å². The second-order valence-corrected chi connectivity index (χ2v) is 8.26. The molecule has 0 radical (unpaired) electrons. The molecule has 0 aliphatic carbocycles. The third-order valence-corrected chi connectivity index (χ3v) is 5.78. The highest BCUT2D eigenvalue weighted by molar-refractivity contribution is 7.10. The number of carbonyl (C=O) groups is 2. The van der Waals surface area contributed by atoms with E-state index in [1.54, 1.807) is 4.90 Å². The number of hydrogen-bond acceptors (Lipinski definition) is 4. The second-order valence-electron chi connectivity index (χ2n) is 7.28. The fourth-order valence-corrected chi connectivity index (χ4v) is 4.18. The first-order valence-corrected chi connectivity index (χ1v) is 9.87. The Bertz CT molecular complexity index is 900. The molecule has 1 aliphatic rings. The van der Waals surface area contributed by atoms with E-state index in [0.29, 0.717) is 12.1 Å². The molecule has 1 saturated heterocycles. The van der Waals surface area contributed by atoms with Crippen molar-refractivity contribution in [1.29, 1.82) is 0 Å². The number of Topliss-reactive ketones (excluding diaryl/α,β-unsaturated/α-hetero) is 1. The zero-order chi connectivity index (χ0) is 19.7. The normalized spacial score (nSPS) is 19.3. The number of aliphatic hydroxyl groups is 1. The molecule has 0 unspecified atom stereocenters. The van der Waals surface area contributed by atoms with Gasteiger partial charge in [0.2, 0.25) is 0 Å². The molecule has 27 heavy (non-hydrogen) atoms. The Kier molecular flexibility index (Phi) is 5.48. The third kappa shape index (κ3) is 3.68. The predicted molar refractivity (Wildman–Crippen MR) is 107 cm³/mol. The minimum absolute atomic E-state index is 0.0901. The number of likely N-dealkylation sites (N-methyl/N-ethyl adjacent to an activating group) is 1. The molecule has 1 aromatic heterocycles. The van der Waals surface area contributed by atoms with Gasteiger partial charge in [0.25, 0.3) is 11.7 Å². The monoisotopic (exact) mass is 385 g/mol. The molecule has 1 aliphatic heterocycles. The summed E-state index contributed by atoms with van der Waals surface area (Å²) >= 11 is 1.49. The van der Waals surface area contributed by atoms with Crippen molar-refractivity contribution in [1.82, 2.24) is 4.90 Å². The Morgan fingerprint density at radius 1 is 1.22 bits per heavy atom. The third-order valence-electron chi connectivity index (χ3n) is 4.85. The van der Waals surface area contributed by atoms with Gasteiger partial charge in [-0.05, 0) is 36.9 Å². The van der Waals surface area contributed by atoms with Gasteiger partial charge in [-0.2, -0.15) is 0 Å². The summed E-state index contributed by atoms with van der Waals surface area (Å²) in [4.78, 5) is 29.3. The summed E-state index contributed by atoms with van der Waals surface area (Å²) in [5.41, 5.74) is 2.64. The van der Waals surface area contributed by atoms with E-state index >= 15 is 0 Å². The molecule has 5 nitrogen and oxygen atoms in total. The van der Waals surface area contributed by atoms with Gasteiger partial charge < -0.3 is 14.9 Å². The Morgan fingerprint density at radius 3 is 2.59 bits per heavy atom. The summed E-state index contributed by atoms with van der Waals surface area (Å²) < 4.78 is 0. The molecule has 142 valence electrons. The minimum Gasteiger partial charge on any atom is -0.507 e. The Balaban J connectivity index is 2.15. The van der Waals surface area contributed by atoms with E-state index in [4.69, 9.17) is 0 Å². The van der Waals surface area contributed by atoms with Crippen LogP contribution in [0.4, 0.5) is 0 Å². The maximum Gasteiger partial charge on any atom is 0.295 e. The smallest absolute Gasteiger partial charge is 0.295 e. The van der Waals surface area contributed by atoms with E-state index in [1.807, 2.05) is 63.7 Å². The number of amides is 1. The van der Waals surface area contributed by atoms with Crippen molar-refractivity contribution in [3.8, 4) is 0 Å². The topological polar surface area (TPSA) is 62.0 Å². The Labute approximate surface area is 163 Å². The largest absolute Gasteiger partial charge is 0.507 e. The van der Waals surface area contributed by atoms with Gasteiger partial charge in [0.15, 0.2) is 0 Å². The second kappa shape index (κ2) is 7.66. The maximum absolute atomic E-state index is 12.9. The fraction of sp³-hybridized carbons (Fsp3) is 0.333. The highest BCUT2D eigenvalue weighted by atomic mass is 32.1.